The molecule has 1 rings (SSSR count). The summed E-state index contributed by atoms with van der Waals surface area (Å²) in [7, 11) is 1.61. The SMILES string of the molecule is CNC(=O)CCCN(CC(N)=O)Cc1cccc(N)c1. The van der Waals surface area contributed by atoms with Gasteiger partial charge in [0.25, 0.3) is 0 Å². The lowest BCUT2D eigenvalue weighted by Crippen LogP contribution is -2.34. The summed E-state index contributed by atoms with van der Waals surface area (Å²) >= 11 is 0. The molecular weight excluding hydrogens is 256 g/mol. The smallest absolute Gasteiger partial charge is 0.231 e. The molecule has 1 aromatic rings. The Balaban J connectivity index is 2.55. The van der Waals surface area contributed by atoms with Crippen molar-refractivity contribution in [3.63, 3.8) is 0 Å². The molecule has 0 heterocycles. The summed E-state index contributed by atoms with van der Waals surface area (Å²) in [6.07, 6.45) is 1.11. The zero-order valence-electron chi connectivity index (χ0n) is 11.8. The predicted molar refractivity (Wildman–Crippen MR) is 78.6 cm³/mol. The molecule has 0 spiro atoms. The molecule has 110 valence electrons. The van der Waals surface area contributed by atoms with Crippen LogP contribution in [0.4, 0.5) is 5.69 Å². The molecule has 0 aliphatic heterocycles. The maximum Gasteiger partial charge on any atom is 0.231 e. The first-order valence-corrected chi connectivity index (χ1v) is 6.57. The minimum absolute atomic E-state index is 0.00650. The fourth-order valence-corrected chi connectivity index (χ4v) is 1.97. The Bertz CT molecular complexity index is 462. The van der Waals surface area contributed by atoms with E-state index in [1.54, 1.807) is 7.05 Å². The van der Waals surface area contributed by atoms with E-state index < -0.39 is 0 Å². The van der Waals surface area contributed by atoms with Crippen LogP contribution in [0.3, 0.4) is 0 Å². The first-order chi connectivity index (χ1) is 9.51. The standard InChI is InChI=1S/C14H22N4O2/c1-17-14(20)6-3-7-18(10-13(16)19)9-11-4-2-5-12(15)8-11/h2,4-5,8H,3,6-7,9-10,15H2,1H3,(H2,16,19)(H,17,20). The Hall–Kier alpha value is -2.08. The van der Waals surface area contributed by atoms with Crippen molar-refractivity contribution >= 4 is 17.5 Å². The highest BCUT2D eigenvalue weighted by atomic mass is 16.2. The number of nitrogens with two attached hydrogens (primary N) is 2. The Morgan fingerprint density at radius 1 is 1.35 bits per heavy atom. The summed E-state index contributed by atoms with van der Waals surface area (Å²) in [4.78, 5) is 24.2. The number of rotatable bonds is 8. The lowest BCUT2D eigenvalue weighted by molar-refractivity contribution is -0.120. The zero-order chi connectivity index (χ0) is 15.0. The molecule has 0 atom stereocenters. The van der Waals surface area contributed by atoms with E-state index in [-0.39, 0.29) is 18.4 Å². The highest BCUT2D eigenvalue weighted by Crippen LogP contribution is 2.10. The molecule has 0 bridgehead atoms. The molecule has 20 heavy (non-hydrogen) atoms. The van der Waals surface area contributed by atoms with Gasteiger partial charge in [-0.1, -0.05) is 12.1 Å². The van der Waals surface area contributed by atoms with Gasteiger partial charge in [-0.2, -0.15) is 0 Å². The van der Waals surface area contributed by atoms with E-state index in [4.69, 9.17) is 11.5 Å². The van der Waals surface area contributed by atoms with E-state index in [9.17, 15) is 9.59 Å². The van der Waals surface area contributed by atoms with E-state index in [0.717, 1.165) is 5.56 Å². The van der Waals surface area contributed by atoms with Crippen molar-refractivity contribution in [1.82, 2.24) is 10.2 Å². The van der Waals surface area contributed by atoms with Crippen molar-refractivity contribution in [2.45, 2.75) is 19.4 Å². The van der Waals surface area contributed by atoms with Crippen LogP contribution in [-0.2, 0) is 16.1 Å². The molecule has 0 aromatic heterocycles. The molecule has 0 aliphatic carbocycles. The second-order valence-electron chi connectivity index (χ2n) is 4.70. The highest BCUT2D eigenvalue weighted by molar-refractivity contribution is 5.76. The molecule has 0 radical (unpaired) electrons. The number of carbonyl (C=O) groups excluding carboxylic acids is 2. The first-order valence-electron chi connectivity index (χ1n) is 6.57. The third-order valence-corrected chi connectivity index (χ3v) is 2.89. The topological polar surface area (TPSA) is 101 Å². The molecule has 5 N–H and O–H groups in total. The number of nitrogens with zero attached hydrogens (tertiary/aromatic N) is 1. The van der Waals surface area contributed by atoms with E-state index in [1.165, 1.54) is 0 Å². The van der Waals surface area contributed by atoms with Crippen molar-refractivity contribution in [3.05, 3.63) is 29.8 Å². The van der Waals surface area contributed by atoms with Crippen molar-refractivity contribution in [3.8, 4) is 0 Å². The average Bonchev–Trinajstić information content (AvgIpc) is 2.37. The normalized spacial score (nSPS) is 10.5. The summed E-state index contributed by atoms with van der Waals surface area (Å²) in [5, 5.41) is 2.57. The molecule has 0 unspecified atom stereocenters. The Kier molecular flexibility index (Phi) is 6.52. The van der Waals surface area contributed by atoms with Gasteiger partial charge >= 0.3 is 0 Å². The maximum atomic E-state index is 11.2. The van der Waals surface area contributed by atoms with Gasteiger partial charge in [-0.05, 0) is 30.7 Å². The van der Waals surface area contributed by atoms with Crippen LogP contribution >= 0.6 is 0 Å². The summed E-state index contributed by atoms with van der Waals surface area (Å²) in [5.74, 6) is -0.387. The summed E-state index contributed by atoms with van der Waals surface area (Å²) in [6, 6.07) is 7.50. The molecule has 0 saturated heterocycles. The summed E-state index contributed by atoms with van der Waals surface area (Å²) in [6.45, 7) is 1.38. The third-order valence-electron chi connectivity index (χ3n) is 2.89. The quantitative estimate of drug-likeness (QED) is 0.586. The molecule has 0 fully saturated rings. The van der Waals surface area contributed by atoms with E-state index in [2.05, 4.69) is 5.32 Å². The Labute approximate surface area is 119 Å². The van der Waals surface area contributed by atoms with Crippen LogP contribution in [0.1, 0.15) is 18.4 Å². The summed E-state index contributed by atoms with van der Waals surface area (Å²) in [5.41, 5.74) is 12.7. The van der Waals surface area contributed by atoms with Crippen LogP contribution in [0.2, 0.25) is 0 Å². The van der Waals surface area contributed by atoms with Crippen molar-refractivity contribution in [2.24, 2.45) is 5.73 Å². The van der Waals surface area contributed by atoms with Gasteiger partial charge in [-0.25, -0.2) is 0 Å². The molecule has 2 amide bonds. The van der Waals surface area contributed by atoms with Gasteiger partial charge < -0.3 is 16.8 Å². The third kappa shape index (κ3) is 6.19. The van der Waals surface area contributed by atoms with E-state index in [1.807, 2.05) is 29.2 Å². The molecule has 6 heteroatoms. The predicted octanol–water partition coefficient (Wildman–Crippen LogP) is 0.0823. The van der Waals surface area contributed by atoms with Gasteiger partial charge in [0, 0.05) is 25.7 Å². The van der Waals surface area contributed by atoms with Crippen LogP contribution in [-0.4, -0.2) is 36.9 Å². The number of hydrogen-bond acceptors (Lipinski definition) is 4. The number of carbonyl (C=O) groups is 2. The zero-order valence-corrected chi connectivity index (χ0v) is 11.8. The maximum absolute atomic E-state index is 11.2. The average molecular weight is 278 g/mol. The van der Waals surface area contributed by atoms with Crippen molar-refractivity contribution < 1.29 is 9.59 Å². The van der Waals surface area contributed by atoms with Crippen LogP contribution < -0.4 is 16.8 Å². The number of primary amides is 1. The molecule has 1 aromatic carbocycles. The van der Waals surface area contributed by atoms with Crippen LogP contribution in [0, 0.1) is 0 Å². The number of hydrogen-bond donors (Lipinski definition) is 3. The van der Waals surface area contributed by atoms with Crippen LogP contribution in [0.25, 0.3) is 0 Å². The van der Waals surface area contributed by atoms with Gasteiger partial charge in [0.1, 0.15) is 0 Å². The number of amides is 2. The fourth-order valence-electron chi connectivity index (χ4n) is 1.97. The molecule has 0 saturated carbocycles. The van der Waals surface area contributed by atoms with Gasteiger partial charge in [0.05, 0.1) is 6.54 Å². The van der Waals surface area contributed by atoms with Crippen LogP contribution in [0.5, 0.6) is 0 Å². The van der Waals surface area contributed by atoms with Gasteiger partial charge in [0.15, 0.2) is 0 Å². The van der Waals surface area contributed by atoms with Crippen molar-refractivity contribution in [1.29, 1.82) is 0 Å². The first kappa shape index (κ1) is 16.0. The molecule has 6 nitrogen and oxygen atoms in total. The monoisotopic (exact) mass is 278 g/mol. The Morgan fingerprint density at radius 3 is 2.70 bits per heavy atom. The van der Waals surface area contributed by atoms with Gasteiger partial charge in [-0.15, -0.1) is 0 Å². The van der Waals surface area contributed by atoms with E-state index >= 15 is 0 Å². The second-order valence-corrected chi connectivity index (χ2v) is 4.70. The van der Waals surface area contributed by atoms with Crippen LogP contribution in [0.15, 0.2) is 24.3 Å². The minimum atomic E-state index is -0.381. The van der Waals surface area contributed by atoms with Gasteiger partial charge in [-0.3, -0.25) is 14.5 Å². The number of nitrogens with one attached hydrogen (secondary N) is 1. The number of benzene rings is 1. The lowest BCUT2D eigenvalue weighted by Gasteiger charge is -2.20. The molecule has 0 aliphatic rings. The largest absolute Gasteiger partial charge is 0.399 e. The molecular formula is C14H22N4O2. The Morgan fingerprint density at radius 2 is 2.10 bits per heavy atom. The lowest BCUT2D eigenvalue weighted by atomic mass is 10.1. The van der Waals surface area contributed by atoms with E-state index in [0.29, 0.717) is 31.6 Å². The van der Waals surface area contributed by atoms with Crippen molar-refractivity contribution in [2.75, 3.05) is 25.9 Å². The second kappa shape index (κ2) is 8.16. The number of nitrogen functional groups attached to an aromatic ring is 1. The fraction of sp³-hybridized carbons (Fsp3) is 0.429. The number of anilines is 1. The summed E-state index contributed by atoms with van der Waals surface area (Å²) < 4.78 is 0. The van der Waals surface area contributed by atoms with Gasteiger partial charge in [0.2, 0.25) is 11.8 Å². The minimum Gasteiger partial charge on any atom is -0.399 e. The highest BCUT2D eigenvalue weighted by Gasteiger charge is 2.10.